The minimum Gasteiger partial charge on any atom is -0.386 e. The number of anilines is 2. The molecule has 2 unspecified atom stereocenters. The molecule has 0 radical (unpaired) electrons. The lowest BCUT2D eigenvalue weighted by atomic mass is 10.1. The average molecular weight is 488 g/mol. The van der Waals surface area contributed by atoms with Gasteiger partial charge in [-0.1, -0.05) is 13.8 Å². The van der Waals surface area contributed by atoms with E-state index in [-0.39, 0.29) is 5.82 Å². The Morgan fingerprint density at radius 2 is 2.08 bits per heavy atom. The summed E-state index contributed by atoms with van der Waals surface area (Å²) in [4.78, 5) is 20.2. The normalized spacial score (nSPS) is 19.2. The molecule has 3 N–H and O–H groups in total. The summed E-state index contributed by atoms with van der Waals surface area (Å²) in [6.07, 6.45) is 7.22. The van der Waals surface area contributed by atoms with Gasteiger partial charge in [-0.3, -0.25) is 0 Å². The number of fused-ring (bicyclic) bond motifs is 5. The first-order valence-electron chi connectivity index (χ1n) is 12.6. The quantitative estimate of drug-likeness (QED) is 0.355. The number of benzene rings is 1. The van der Waals surface area contributed by atoms with Gasteiger partial charge >= 0.3 is 0 Å². The molecule has 0 saturated carbocycles. The predicted molar refractivity (Wildman–Crippen MR) is 140 cm³/mol. The van der Waals surface area contributed by atoms with Crippen LogP contribution in [0.25, 0.3) is 27.6 Å². The van der Waals surface area contributed by atoms with Crippen molar-refractivity contribution in [1.29, 1.82) is 0 Å². The number of halogens is 1. The summed E-state index contributed by atoms with van der Waals surface area (Å²) in [6.45, 7) is 6.89. The van der Waals surface area contributed by atoms with E-state index < -0.39 is 0 Å². The zero-order valence-electron chi connectivity index (χ0n) is 20.7. The summed E-state index contributed by atoms with van der Waals surface area (Å²) in [5.41, 5.74) is 4.03. The first kappa shape index (κ1) is 22.7. The van der Waals surface area contributed by atoms with E-state index in [9.17, 15) is 4.39 Å². The molecule has 1 aromatic carbocycles. The highest BCUT2D eigenvalue weighted by Gasteiger charge is 2.37. The average Bonchev–Trinajstić information content (AvgIpc) is 3.66. The number of hydrogen-bond acceptors (Lipinski definition) is 7. The second-order valence-corrected chi connectivity index (χ2v) is 9.23. The zero-order valence-corrected chi connectivity index (χ0v) is 20.7. The van der Waals surface area contributed by atoms with Crippen molar-refractivity contribution in [3.63, 3.8) is 0 Å². The van der Waals surface area contributed by atoms with Crippen molar-refractivity contribution < 1.29 is 4.39 Å². The summed E-state index contributed by atoms with van der Waals surface area (Å²) in [5, 5.41) is 12.7. The van der Waals surface area contributed by atoms with Gasteiger partial charge in [0.05, 0.1) is 22.8 Å². The highest BCUT2D eigenvalue weighted by molar-refractivity contribution is 6.14. The molecule has 0 aliphatic carbocycles. The molecular formula is C26H30FN9. The molecule has 2 fully saturated rings. The topological polar surface area (TPSA) is 99.1 Å². The lowest BCUT2D eigenvalue weighted by molar-refractivity contribution is 0.556. The largest absolute Gasteiger partial charge is 0.386 e. The monoisotopic (exact) mass is 487 g/mol. The second-order valence-electron chi connectivity index (χ2n) is 9.23. The standard InChI is InChI=1S/C24H24FN9.C2H6/c1-26-17-8-15(25)7-16-21-23(32-22(16)17)30-19(6-13-9-28-20-3-5-29-34(20)10-13)31-24(21)33-11-14-2-4-27-18(14)12-33;1-2/h3,5,7-10,14,18,26-27H,2,4,6,11-12H2,1H3,(H,30,31,32);1-2H3. The van der Waals surface area contributed by atoms with E-state index in [1.165, 1.54) is 12.5 Å². The Bertz CT molecular complexity index is 1540. The van der Waals surface area contributed by atoms with Crippen molar-refractivity contribution >= 4 is 39.1 Å². The van der Waals surface area contributed by atoms with E-state index in [1.807, 2.05) is 32.3 Å². The van der Waals surface area contributed by atoms with Gasteiger partial charge in [-0.15, -0.1) is 0 Å². The second kappa shape index (κ2) is 9.02. The van der Waals surface area contributed by atoms with E-state index in [4.69, 9.17) is 9.97 Å². The van der Waals surface area contributed by atoms with Gasteiger partial charge in [-0.2, -0.15) is 5.10 Å². The Morgan fingerprint density at radius 3 is 2.92 bits per heavy atom. The highest BCUT2D eigenvalue weighted by atomic mass is 19.1. The number of rotatable bonds is 4. The van der Waals surface area contributed by atoms with Gasteiger partial charge in [0.25, 0.3) is 0 Å². The number of aromatic amines is 1. The van der Waals surface area contributed by atoms with Crippen molar-refractivity contribution in [2.75, 3.05) is 36.9 Å². The van der Waals surface area contributed by atoms with Gasteiger partial charge in [-0.05, 0) is 36.6 Å². The first-order valence-corrected chi connectivity index (χ1v) is 12.6. The van der Waals surface area contributed by atoms with Crippen LogP contribution in [0.4, 0.5) is 15.9 Å². The molecule has 0 bridgehead atoms. The smallest absolute Gasteiger partial charge is 0.154 e. The molecule has 4 aromatic heterocycles. The molecular weight excluding hydrogens is 457 g/mol. The molecule has 7 rings (SSSR count). The number of nitrogens with one attached hydrogen (secondary N) is 3. The Kier molecular flexibility index (Phi) is 5.67. The Hall–Kier alpha value is -3.79. The van der Waals surface area contributed by atoms with Crippen LogP contribution in [0.5, 0.6) is 0 Å². The SMILES string of the molecule is CC.CNc1cc(F)cc2c1[nH]c1nc(Cc3cnc4ccnn4c3)nc(N3CC4CCNC4C3)c12. The van der Waals surface area contributed by atoms with Crippen LogP contribution in [-0.2, 0) is 6.42 Å². The summed E-state index contributed by atoms with van der Waals surface area (Å²) >= 11 is 0. The van der Waals surface area contributed by atoms with E-state index in [2.05, 4.69) is 30.6 Å². The Balaban J connectivity index is 0.00000117. The molecule has 2 saturated heterocycles. The first-order chi connectivity index (χ1) is 17.7. The third kappa shape index (κ3) is 3.72. The van der Waals surface area contributed by atoms with Gasteiger partial charge in [-0.25, -0.2) is 23.9 Å². The third-order valence-corrected chi connectivity index (χ3v) is 7.15. The van der Waals surface area contributed by atoms with Gasteiger partial charge in [0.2, 0.25) is 0 Å². The lowest BCUT2D eigenvalue weighted by Gasteiger charge is -2.20. The third-order valence-electron chi connectivity index (χ3n) is 7.15. The van der Waals surface area contributed by atoms with Gasteiger partial charge in [0.1, 0.15) is 23.1 Å². The van der Waals surface area contributed by atoms with E-state index in [0.29, 0.717) is 29.9 Å². The van der Waals surface area contributed by atoms with Crippen LogP contribution in [0.15, 0.2) is 36.8 Å². The van der Waals surface area contributed by atoms with Crippen molar-refractivity contribution in [3.8, 4) is 0 Å². The lowest BCUT2D eigenvalue weighted by Crippen LogP contribution is -2.30. The molecule has 2 aliphatic rings. The van der Waals surface area contributed by atoms with Crippen molar-refractivity contribution in [2.24, 2.45) is 5.92 Å². The van der Waals surface area contributed by atoms with Crippen LogP contribution >= 0.6 is 0 Å². The molecule has 2 atom stereocenters. The summed E-state index contributed by atoms with van der Waals surface area (Å²) in [7, 11) is 1.80. The minimum absolute atomic E-state index is 0.286. The molecule has 0 spiro atoms. The van der Waals surface area contributed by atoms with Crippen LogP contribution in [0.1, 0.15) is 31.7 Å². The number of aromatic nitrogens is 6. The fraction of sp³-hybridized carbons (Fsp3) is 0.385. The number of hydrogen-bond donors (Lipinski definition) is 3. The van der Waals surface area contributed by atoms with Gasteiger partial charge < -0.3 is 20.5 Å². The molecule has 2 aliphatic heterocycles. The van der Waals surface area contributed by atoms with E-state index in [1.54, 1.807) is 23.8 Å². The van der Waals surface area contributed by atoms with Gasteiger partial charge in [0, 0.05) is 56.4 Å². The molecule has 36 heavy (non-hydrogen) atoms. The van der Waals surface area contributed by atoms with Gasteiger partial charge in [0.15, 0.2) is 5.65 Å². The molecule has 9 nitrogen and oxygen atoms in total. The highest BCUT2D eigenvalue weighted by Crippen LogP contribution is 2.38. The van der Waals surface area contributed by atoms with Crippen molar-refractivity contribution in [3.05, 3.63) is 54.0 Å². The molecule has 6 heterocycles. The maximum atomic E-state index is 14.5. The summed E-state index contributed by atoms with van der Waals surface area (Å²) in [6, 6.07) is 5.41. The van der Waals surface area contributed by atoms with Crippen molar-refractivity contribution in [1.82, 2.24) is 34.9 Å². The van der Waals surface area contributed by atoms with E-state index >= 15 is 0 Å². The molecule has 0 amide bonds. The van der Waals surface area contributed by atoms with Crippen LogP contribution in [0, 0.1) is 11.7 Å². The molecule has 186 valence electrons. The molecule has 10 heteroatoms. The number of H-pyrrole nitrogens is 1. The summed E-state index contributed by atoms with van der Waals surface area (Å²) in [5.74, 6) is 1.88. The molecule has 5 aromatic rings. The fourth-order valence-corrected chi connectivity index (χ4v) is 5.54. The van der Waals surface area contributed by atoms with Crippen LogP contribution in [0.3, 0.4) is 0 Å². The zero-order chi connectivity index (χ0) is 24.8. The maximum absolute atomic E-state index is 14.5. The van der Waals surface area contributed by atoms with E-state index in [0.717, 1.165) is 58.6 Å². The Labute approximate surface area is 208 Å². The maximum Gasteiger partial charge on any atom is 0.154 e. The minimum atomic E-state index is -0.286. The summed E-state index contributed by atoms with van der Waals surface area (Å²) < 4.78 is 16.3. The number of nitrogens with zero attached hydrogens (tertiary/aromatic N) is 6. The van der Waals surface area contributed by atoms with Crippen LogP contribution in [-0.4, -0.2) is 62.3 Å². The van der Waals surface area contributed by atoms with Crippen LogP contribution in [0.2, 0.25) is 0 Å². The van der Waals surface area contributed by atoms with Crippen molar-refractivity contribution in [2.45, 2.75) is 32.7 Å². The Morgan fingerprint density at radius 1 is 1.19 bits per heavy atom. The predicted octanol–water partition coefficient (Wildman–Crippen LogP) is 3.75. The van der Waals surface area contributed by atoms with Crippen LogP contribution < -0.4 is 15.5 Å². The fourth-order valence-electron chi connectivity index (χ4n) is 5.54.